The minimum absolute atomic E-state index is 0.587. The molecule has 0 aliphatic heterocycles. The molecular formula is C14H12N2O. The smallest absolute Gasteiger partial charge is 0.223 e. The highest BCUT2D eigenvalue weighted by molar-refractivity contribution is 5.86. The zero-order valence-corrected chi connectivity index (χ0v) is 9.77. The molecule has 0 atom stereocenters. The Morgan fingerprint density at radius 1 is 0.941 bits per heavy atom. The van der Waals surface area contributed by atoms with Crippen molar-refractivity contribution in [3.05, 3.63) is 47.9 Å². The van der Waals surface area contributed by atoms with E-state index in [-0.39, 0.29) is 0 Å². The fourth-order valence-electron chi connectivity index (χ4n) is 1.92. The van der Waals surface area contributed by atoms with Crippen LogP contribution in [0.4, 0.5) is 0 Å². The van der Waals surface area contributed by atoms with Crippen LogP contribution in [0.1, 0.15) is 11.5 Å². The first-order chi connectivity index (χ1) is 8.22. The number of rotatable bonds is 1. The third-order valence-corrected chi connectivity index (χ3v) is 2.78. The molecule has 0 saturated heterocycles. The average Bonchev–Trinajstić information content (AvgIpc) is 2.75. The second kappa shape index (κ2) is 3.70. The van der Waals surface area contributed by atoms with Crippen LogP contribution in [0.25, 0.3) is 22.2 Å². The molecule has 1 heterocycles. The average molecular weight is 224 g/mol. The van der Waals surface area contributed by atoms with Crippen LogP contribution < -0.4 is 0 Å². The number of hydrogen-bond donors (Lipinski definition) is 0. The number of fused-ring (bicyclic) bond motifs is 1. The molecule has 3 nitrogen and oxygen atoms in total. The molecular weight excluding hydrogens is 212 g/mol. The fourth-order valence-corrected chi connectivity index (χ4v) is 1.92. The highest BCUT2D eigenvalue weighted by Crippen LogP contribution is 2.23. The summed E-state index contributed by atoms with van der Waals surface area (Å²) in [5, 5.41) is 6.35. The Hall–Kier alpha value is -2.16. The molecule has 84 valence electrons. The minimum atomic E-state index is 0.587. The fraction of sp³-hybridized carbons (Fsp3) is 0.143. The summed E-state index contributed by atoms with van der Waals surface area (Å²) in [4.78, 5) is 4.23. The van der Waals surface area contributed by atoms with E-state index < -0.39 is 0 Å². The van der Waals surface area contributed by atoms with E-state index in [0.29, 0.717) is 11.7 Å². The van der Waals surface area contributed by atoms with E-state index in [2.05, 4.69) is 47.4 Å². The summed E-state index contributed by atoms with van der Waals surface area (Å²) >= 11 is 0. The van der Waals surface area contributed by atoms with Crippen molar-refractivity contribution in [2.45, 2.75) is 13.8 Å². The number of benzene rings is 2. The maximum Gasteiger partial charge on any atom is 0.223 e. The lowest BCUT2D eigenvalue weighted by atomic mass is 10.0. The standard InChI is InChI=1S/C14H12N2O/c1-9-3-4-12-8-13(6-5-11(12)7-9)14-15-10(2)17-16-14/h3-8H,1-2H3. The minimum Gasteiger partial charge on any atom is -0.339 e. The van der Waals surface area contributed by atoms with Gasteiger partial charge in [-0.2, -0.15) is 4.98 Å². The molecule has 0 saturated carbocycles. The van der Waals surface area contributed by atoms with Crippen molar-refractivity contribution in [1.82, 2.24) is 10.1 Å². The molecule has 2 aromatic carbocycles. The summed E-state index contributed by atoms with van der Waals surface area (Å²) in [7, 11) is 0. The van der Waals surface area contributed by atoms with Crippen molar-refractivity contribution in [3.8, 4) is 11.4 Å². The maximum atomic E-state index is 4.99. The quantitative estimate of drug-likeness (QED) is 0.635. The molecule has 0 N–H and O–H groups in total. The van der Waals surface area contributed by atoms with E-state index in [0.717, 1.165) is 5.56 Å². The van der Waals surface area contributed by atoms with Gasteiger partial charge in [-0.1, -0.05) is 41.1 Å². The molecule has 3 heteroatoms. The number of aryl methyl sites for hydroxylation is 2. The summed E-state index contributed by atoms with van der Waals surface area (Å²) in [6, 6.07) is 12.6. The number of nitrogens with zero attached hydrogens (tertiary/aromatic N) is 2. The summed E-state index contributed by atoms with van der Waals surface area (Å²) in [5.74, 6) is 1.23. The van der Waals surface area contributed by atoms with Gasteiger partial charge in [0.2, 0.25) is 11.7 Å². The molecule has 0 spiro atoms. The van der Waals surface area contributed by atoms with Gasteiger partial charge in [0, 0.05) is 12.5 Å². The van der Waals surface area contributed by atoms with Crippen molar-refractivity contribution in [1.29, 1.82) is 0 Å². The highest BCUT2D eigenvalue weighted by atomic mass is 16.5. The van der Waals surface area contributed by atoms with Crippen LogP contribution in [0.2, 0.25) is 0 Å². The lowest BCUT2D eigenvalue weighted by Crippen LogP contribution is -1.82. The van der Waals surface area contributed by atoms with Crippen LogP contribution in [0.15, 0.2) is 40.9 Å². The van der Waals surface area contributed by atoms with Gasteiger partial charge in [-0.05, 0) is 23.8 Å². The lowest BCUT2D eigenvalue weighted by molar-refractivity contribution is 0.394. The Morgan fingerprint density at radius 2 is 1.71 bits per heavy atom. The Morgan fingerprint density at radius 3 is 2.47 bits per heavy atom. The second-order valence-electron chi connectivity index (χ2n) is 4.20. The topological polar surface area (TPSA) is 38.9 Å². The van der Waals surface area contributed by atoms with E-state index in [1.807, 2.05) is 6.07 Å². The Labute approximate surface area is 99.1 Å². The highest BCUT2D eigenvalue weighted by Gasteiger charge is 2.06. The summed E-state index contributed by atoms with van der Waals surface area (Å²) in [5.41, 5.74) is 2.25. The monoisotopic (exact) mass is 224 g/mol. The van der Waals surface area contributed by atoms with Crippen LogP contribution in [-0.2, 0) is 0 Å². The maximum absolute atomic E-state index is 4.99. The predicted molar refractivity (Wildman–Crippen MR) is 66.7 cm³/mol. The summed E-state index contributed by atoms with van der Waals surface area (Å²) < 4.78 is 4.99. The molecule has 0 fully saturated rings. The van der Waals surface area contributed by atoms with E-state index in [4.69, 9.17) is 4.52 Å². The molecule has 0 aliphatic rings. The Balaban J connectivity index is 2.16. The zero-order chi connectivity index (χ0) is 11.8. The zero-order valence-electron chi connectivity index (χ0n) is 9.77. The Bertz CT molecular complexity index is 686. The van der Waals surface area contributed by atoms with Crippen LogP contribution in [0.3, 0.4) is 0 Å². The lowest BCUT2D eigenvalue weighted by Gasteiger charge is -2.01. The van der Waals surface area contributed by atoms with Crippen molar-refractivity contribution in [2.75, 3.05) is 0 Å². The second-order valence-corrected chi connectivity index (χ2v) is 4.20. The van der Waals surface area contributed by atoms with Crippen LogP contribution >= 0.6 is 0 Å². The third kappa shape index (κ3) is 1.80. The molecule has 0 bridgehead atoms. The number of aromatic nitrogens is 2. The molecule has 0 amide bonds. The first kappa shape index (κ1) is 10.0. The molecule has 0 aliphatic carbocycles. The van der Waals surface area contributed by atoms with Gasteiger partial charge in [-0.15, -0.1) is 0 Å². The van der Waals surface area contributed by atoms with E-state index in [1.54, 1.807) is 6.92 Å². The molecule has 1 aromatic heterocycles. The van der Waals surface area contributed by atoms with Gasteiger partial charge < -0.3 is 4.52 Å². The van der Waals surface area contributed by atoms with E-state index >= 15 is 0 Å². The first-order valence-electron chi connectivity index (χ1n) is 5.53. The van der Waals surface area contributed by atoms with Crippen molar-refractivity contribution < 1.29 is 4.52 Å². The third-order valence-electron chi connectivity index (χ3n) is 2.78. The SMILES string of the molecule is Cc1ccc2cc(-c3noc(C)n3)ccc2c1. The molecule has 0 unspecified atom stereocenters. The van der Waals surface area contributed by atoms with Crippen molar-refractivity contribution in [2.24, 2.45) is 0 Å². The molecule has 3 rings (SSSR count). The molecule has 17 heavy (non-hydrogen) atoms. The van der Waals surface area contributed by atoms with Crippen molar-refractivity contribution >= 4 is 10.8 Å². The van der Waals surface area contributed by atoms with Gasteiger partial charge in [0.25, 0.3) is 0 Å². The van der Waals surface area contributed by atoms with Crippen LogP contribution in [0.5, 0.6) is 0 Å². The normalized spacial score (nSPS) is 10.9. The van der Waals surface area contributed by atoms with Crippen LogP contribution in [0, 0.1) is 13.8 Å². The predicted octanol–water partition coefficient (Wildman–Crippen LogP) is 3.51. The number of hydrogen-bond acceptors (Lipinski definition) is 3. The van der Waals surface area contributed by atoms with Crippen molar-refractivity contribution in [3.63, 3.8) is 0 Å². The van der Waals surface area contributed by atoms with Gasteiger partial charge in [-0.3, -0.25) is 0 Å². The van der Waals surface area contributed by atoms with Gasteiger partial charge in [0.05, 0.1) is 0 Å². The Kier molecular flexibility index (Phi) is 2.18. The van der Waals surface area contributed by atoms with Gasteiger partial charge in [0.15, 0.2) is 0 Å². The molecule has 3 aromatic rings. The summed E-state index contributed by atoms with van der Waals surface area (Å²) in [6.07, 6.45) is 0. The summed E-state index contributed by atoms with van der Waals surface area (Å²) in [6.45, 7) is 3.89. The van der Waals surface area contributed by atoms with Gasteiger partial charge in [0.1, 0.15) is 0 Å². The largest absolute Gasteiger partial charge is 0.339 e. The van der Waals surface area contributed by atoms with Gasteiger partial charge in [-0.25, -0.2) is 0 Å². The molecule has 0 radical (unpaired) electrons. The van der Waals surface area contributed by atoms with Crippen LogP contribution in [-0.4, -0.2) is 10.1 Å². The van der Waals surface area contributed by atoms with E-state index in [1.165, 1.54) is 16.3 Å². The van der Waals surface area contributed by atoms with Gasteiger partial charge >= 0.3 is 0 Å². The van der Waals surface area contributed by atoms with E-state index in [9.17, 15) is 0 Å². The first-order valence-corrected chi connectivity index (χ1v) is 5.53.